The van der Waals surface area contributed by atoms with Gasteiger partial charge in [0.05, 0.1) is 23.0 Å². The zero-order valence-electron chi connectivity index (χ0n) is 14.4. The molecule has 0 fully saturated rings. The molecule has 4 aromatic rings. The molecule has 6 nitrogen and oxygen atoms in total. The van der Waals surface area contributed by atoms with Gasteiger partial charge in [-0.05, 0) is 26.0 Å². The zero-order chi connectivity index (χ0) is 18.1. The second-order valence-corrected chi connectivity index (χ2v) is 6.03. The molecule has 3 aromatic heterocycles. The van der Waals surface area contributed by atoms with Crippen LogP contribution in [0.5, 0.6) is 11.6 Å². The molecule has 0 aliphatic heterocycles. The second kappa shape index (κ2) is 6.40. The van der Waals surface area contributed by atoms with Gasteiger partial charge in [0.2, 0.25) is 5.88 Å². The number of pyridine rings is 2. The second-order valence-electron chi connectivity index (χ2n) is 6.03. The first-order valence-corrected chi connectivity index (χ1v) is 8.17. The molecule has 3 heterocycles. The van der Waals surface area contributed by atoms with E-state index in [2.05, 4.69) is 20.2 Å². The number of ether oxygens (including phenoxy) is 1. The van der Waals surface area contributed by atoms with E-state index in [-0.39, 0.29) is 5.43 Å². The summed E-state index contributed by atoms with van der Waals surface area (Å²) in [6.07, 6.45) is 1.57. The average Bonchev–Trinajstić information content (AvgIpc) is 2.62. The topological polar surface area (TPSA) is 80.8 Å². The van der Waals surface area contributed by atoms with Crippen LogP contribution in [0.3, 0.4) is 0 Å². The number of fused-ring (bicyclic) bond motifs is 1. The number of nitrogens with zero attached hydrogens (tertiary/aromatic N) is 3. The van der Waals surface area contributed by atoms with Crippen molar-refractivity contribution in [2.75, 3.05) is 0 Å². The number of nitrogens with one attached hydrogen (secondary N) is 1. The van der Waals surface area contributed by atoms with E-state index >= 15 is 0 Å². The van der Waals surface area contributed by atoms with Gasteiger partial charge in [0, 0.05) is 29.3 Å². The minimum atomic E-state index is -0.0721. The number of H-pyrrole nitrogens is 1. The van der Waals surface area contributed by atoms with Crippen LogP contribution in [0.25, 0.3) is 22.2 Å². The highest BCUT2D eigenvalue weighted by atomic mass is 16.5. The van der Waals surface area contributed by atoms with Gasteiger partial charge in [-0.25, -0.2) is 4.98 Å². The summed E-state index contributed by atoms with van der Waals surface area (Å²) in [4.78, 5) is 19.8. The van der Waals surface area contributed by atoms with E-state index in [1.54, 1.807) is 24.4 Å². The number of para-hydroxylation sites is 1. The number of hydrogen-bond acceptors (Lipinski definition) is 5. The van der Waals surface area contributed by atoms with Crippen LogP contribution in [0, 0.1) is 13.8 Å². The van der Waals surface area contributed by atoms with Gasteiger partial charge >= 0.3 is 0 Å². The Morgan fingerprint density at radius 2 is 1.88 bits per heavy atom. The third-order valence-electron chi connectivity index (χ3n) is 4.02. The molecule has 0 aliphatic rings. The number of aryl methyl sites for hydroxylation is 2. The Kier molecular flexibility index (Phi) is 3.93. The molecule has 4 rings (SSSR count). The number of hydrogen-bond donors (Lipinski definition) is 1. The number of rotatable bonds is 3. The Labute approximate surface area is 149 Å². The fraction of sp³-hybridized carbons (Fsp3) is 0.100. The highest BCUT2D eigenvalue weighted by molar-refractivity contribution is 5.85. The maximum Gasteiger partial charge on any atom is 0.229 e. The summed E-state index contributed by atoms with van der Waals surface area (Å²) in [5.41, 5.74) is 3.53. The van der Waals surface area contributed by atoms with Gasteiger partial charge in [-0.3, -0.25) is 4.79 Å². The van der Waals surface area contributed by atoms with E-state index in [9.17, 15) is 4.79 Å². The molecule has 0 aliphatic carbocycles. The van der Waals surface area contributed by atoms with Gasteiger partial charge in [-0.2, -0.15) is 10.2 Å². The summed E-state index contributed by atoms with van der Waals surface area (Å²) in [5, 5.41) is 8.81. The van der Waals surface area contributed by atoms with E-state index in [1.165, 1.54) is 0 Å². The van der Waals surface area contributed by atoms with E-state index in [0.717, 1.165) is 16.6 Å². The molecular weight excluding hydrogens is 328 g/mol. The molecule has 0 radical (unpaired) electrons. The molecule has 0 saturated heterocycles. The SMILES string of the molecule is Cc1cc(=O)cc(-c2cc3ccccc3nc2Oc2ccnnc2C)[nH]1. The largest absolute Gasteiger partial charge is 0.436 e. The minimum Gasteiger partial charge on any atom is -0.436 e. The lowest BCUT2D eigenvalue weighted by Gasteiger charge is -2.13. The lowest BCUT2D eigenvalue weighted by Crippen LogP contribution is -2.03. The molecule has 0 bridgehead atoms. The smallest absolute Gasteiger partial charge is 0.229 e. The van der Waals surface area contributed by atoms with Crippen LogP contribution in [0.4, 0.5) is 0 Å². The monoisotopic (exact) mass is 344 g/mol. The Hall–Kier alpha value is -3.54. The van der Waals surface area contributed by atoms with E-state index in [0.29, 0.717) is 28.6 Å². The van der Waals surface area contributed by atoms with Crippen LogP contribution in [0.1, 0.15) is 11.4 Å². The van der Waals surface area contributed by atoms with Gasteiger partial charge in [-0.15, -0.1) is 0 Å². The molecule has 26 heavy (non-hydrogen) atoms. The van der Waals surface area contributed by atoms with Gasteiger partial charge < -0.3 is 9.72 Å². The number of aromatic nitrogens is 4. The molecule has 0 atom stereocenters. The molecule has 1 N–H and O–H groups in total. The molecule has 0 unspecified atom stereocenters. The van der Waals surface area contributed by atoms with Gasteiger partial charge in [0.15, 0.2) is 11.2 Å². The lowest BCUT2D eigenvalue weighted by molar-refractivity contribution is 0.458. The number of aromatic amines is 1. The van der Waals surface area contributed by atoms with Gasteiger partial charge in [-0.1, -0.05) is 18.2 Å². The van der Waals surface area contributed by atoms with E-state index < -0.39 is 0 Å². The summed E-state index contributed by atoms with van der Waals surface area (Å²) in [7, 11) is 0. The van der Waals surface area contributed by atoms with E-state index in [4.69, 9.17) is 4.74 Å². The predicted octanol–water partition coefficient (Wildman–Crippen LogP) is 3.79. The van der Waals surface area contributed by atoms with Crippen LogP contribution in [0.2, 0.25) is 0 Å². The van der Waals surface area contributed by atoms with Crippen molar-refractivity contribution in [3.8, 4) is 22.9 Å². The first-order valence-electron chi connectivity index (χ1n) is 8.17. The fourth-order valence-corrected chi connectivity index (χ4v) is 2.80. The molecule has 128 valence electrons. The standard InChI is InChI=1S/C20H16N4O2/c1-12-9-15(25)11-18(22-12)16-10-14-5-3-4-6-17(14)23-20(16)26-19-7-8-21-24-13(19)2/h3-11H,1-2H3,(H,22,25). The van der Waals surface area contributed by atoms with Crippen LogP contribution in [0.15, 0.2) is 59.5 Å². The third-order valence-corrected chi connectivity index (χ3v) is 4.02. The summed E-state index contributed by atoms with van der Waals surface area (Å²) in [5.74, 6) is 0.972. The highest BCUT2D eigenvalue weighted by Gasteiger charge is 2.14. The van der Waals surface area contributed by atoms with E-state index in [1.807, 2.05) is 44.2 Å². The van der Waals surface area contributed by atoms with Crippen molar-refractivity contribution in [2.45, 2.75) is 13.8 Å². The van der Waals surface area contributed by atoms with Gasteiger partial charge in [0.25, 0.3) is 0 Å². The Bertz CT molecular complexity index is 1170. The molecule has 0 spiro atoms. The molecule has 0 saturated carbocycles. The predicted molar refractivity (Wildman–Crippen MR) is 99.4 cm³/mol. The molecule has 0 amide bonds. The normalized spacial score (nSPS) is 10.8. The summed E-state index contributed by atoms with van der Waals surface area (Å²) in [6, 6.07) is 14.6. The Morgan fingerprint density at radius 1 is 1.04 bits per heavy atom. The first kappa shape index (κ1) is 16.0. The Morgan fingerprint density at radius 3 is 2.69 bits per heavy atom. The maximum absolute atomic E-state index is 12.0. The van der Waals surface area contributed by atoms with Crippen molar-refractivity contribution in [2.24, 2.45) is 0 Å². The van der Waals surface area contributed by atoms with Crippen molar-refractivity contribution in [3.05, 3.63) is 76.3 Å². The zero-order valence-corrected chi connectivity index (χ0v) is 14.4. The van der Waals surface area contributed by atoms with Crippen molar-refractivity contribution in [3.63, 3.8) is 0 Å². The quantitative estimate of drug-likeness (QED) is 0.611. The first-order chi connectivity index (χ1) is 12.6. The lowest BCUT2D eigenvalue weighted by atomic mass is 10.1. The summed E-state index contributed by atoms with van der Waals surface area (Å²) >= 11 is 0. The van der Waals surface area contributed by atoms with Crippen molar-refractivity contribution < 1.29 is 4.74 Å². The molecular formula is C20H16N4O2. The van der Waals surface area contributed by atoms with Crippen molar-refractivity contribution >= 4 is 10.9 Å². The van der Waals surface area contributed by atoms with Gasteiger partial charge in [0.1, 0.15) is 5.69 Å². The summed E-state index contributed by atoms with van der Waals surface area (Å²) < 4.78 is 6.05. The maximum atomic E-state index is 12.0. The van der Waals surface area contributed by atoms with Crippen LogP contribution < -0.4 is 10.2 Å². The van der Waals surface area contributed by atoms with Crippen molar-refractivity contribution in [1.29, 1.82) is 0 Å². The highest BCUT2D eigenvalue weighted by Crippen LogP contribution is 2.33. The fourth-order valence-electron chi connectivity index (χ4n) is 2.80. The van der Waals surface area contributed by atoms with Crippen LogP contribution in [-0.2, 0) is 0 Å². The Balaban J connectivity index is 1.94. The minimum absolute atomic E-state index is 0.0721. The average molecular weight is 344 g/mol. The van der Waals surface area contributed by atoms with Crippen molar-refractivity contribution in [1.82, 2.24) is 20.2 Å². The van der Waals surface area contributed by atoms with Crippen LogP contribution >= 0.6 is 0 Å². The molecule has 1 aromatic carbocycles. The summed E-state index contributed by atoms with van der Waals surface area (Å²) in [6.45, 7) is 3.66. The van der Waals surface area contributed by atoms with Crippen LogP contribution in [-0.4, -0.2) is 20.2 Å². The molecule has 6 heteroatoms. The number of benzene rings is 1. The third kappa shape index (κ3) is 3.04.